The van der Waals surface area contributed by atoms with Gasteiger partial charge in [0.1, 0.15) is 5.56 Å². The van der Waals surface area contributed by atoms with Crippen molar-refractivity contribution < 1.29 is 14.3 Å². The number of carbonyl (C=O) groups is 2. The summed E-state index contributed by atoms with van der Waals surface area (Å²) < 4.78 is 5.07. The lowest BCUT2D eigenvalue weighted by atomic mass is 10.0. The Morgan fingerprint density at radius 2 is 1.92 bits per heavy atom. The maximum absolute atomic E-state index is 13.1. The van der Waals surface area contributed by atoms with Gasteiger partial charge in [0, 0.05) is 33.9 Å². The molecule has 2 aromatic heterocycles. The van der Waals surface area contributed by atoms with Crippen molar-refractivity contribution in [3.63, 3.8) is 0 Å². The van der Waals surface area contributed by atoms with E-state index in [2.05, 4.69) is 20.6 Å². The molecule has 198 valence electrons. The number of aromatic nitrogens is 2. The van der Waals surface area contributed by atoms with Crippen LogP contribution in [0.15, 0.2) is 65.6 Å². The summed E-state index contributed by atoms with van der Waals surface area (Å²) in [4.78, 5) is 45.5. The molecule has 0 aliphatic carbocycles. The zero-order valence-electron chi connectivity index (χ0n) is 20.7. The Hall–Kier alpha value is -3.92. The quantitative estimate of drug-likeness (QED) is 0.254. The first kappa shape index (κ1) is 28.6. The molecule has 0 saturated heterocycles. The Morgan fingerprint density at radius 1 is 1.13 bits per heavy atom. The highest BCUT2D eigenvalue weighted by atomic mass is 35.5. The second-order valence-electron chi connectivity index (χ2n) is 8.47. The van der Waals surface area contributed by atoms with Crippen LogP contribution in [0.1, 0.15) is 44.3 Å². The van der Waals surface area contributed by atoms with Gasteiger partial charge in [-0.15, -0.1) is 12.4 Å². The van der Waals surface area contributed by atoms with Gasteiger partial charge in [-0.05, 0) is 61.3 Å². The summed E-state index contributed by atoms with van der Waals surface area (Å²) in [7, 11) is 1.47. The lowest BCUT2D eigenvalue weighted by Crippen LogP contribution is -2.30. The normalized spacial score (nSPS) is 11.4. The van der Waals surface area contributed by atoms with Gasteiger partial charge in [0.2, 0.25) is 5.88 Å². The number of benzene rings is 2. The Morgan fingerprint density at radius 3 is 2.63 bits per heavy atom. The molecule has 2 aromatic carbocycles. The molecular formula is C27H27Cl2N5O4. The van der Waals surface area contributed by atoms with E-state index in [1.807, 2.05) is 12.1 Å². The third kappa shape index (κ3) is 6.49. The summed E-state index contributed by atoms with van der Waals surface area (Å²) >= 11 is 6.12. The van der Waals surface area contributed by atoms with E-state index >= 15 is 0 Å². The van der Waals surface area contributed by atoms with Crippen LogP contribution >= 0.6 is 24.0 Å². The number of anilines is 1. The first-order valence-electron chi connectivity index (χ1n) is 11.5. The monoisotopic (exact) mass is 555 g/mol. The van der Waals surface area contributed by atoms with E-state index in [0.29, 0.717) is 46.0 Å². The van der Waals surface area contributed by atoms with E-state index in [0.717, 1.165) is 11.1 Å². The summed E-state index contributed by atoms with van der Waals surface area (Å²) in [5.74, 6) is -0.604. The number of rotatable bonds is 8. The predicted molar refractivity (Wildman–Crippen MR) is 151 cm³/mol. The molecule has 0 radical (unpaired) electrons. The highest BCUT2D eigenvalue weighted by Gasteiger charge is 2.18. The van der Waals surface area contributed by atoms with E-state index in [4.69, 9.17) is 22.1 Å². The van der Waals surface area contributed by atoms with Crippen molar-refractivity contribution in [3.05, 3.63) is 98.4 Å². The molecule has 5 N–H and O–H groups in total. The first-order valence-corrected chi connectivity index (χ1v) is 11.9. The molecule has 9 nitrogen and oxygen atoms in total. The number of aromatic amines is 1. The van der Waals surface area contributed by atoms with E-state index < -0.39 is 11.5 Å². The number of H-pyrrole nitrogens is 1. The number of methoxy groups -OCH3 is 1. The van der Waals surface area contributed by atoms with Crippen LogP contribution in [0, 0.1) is 6.92 Å². The second kappa shape index (κ2) is 12.6. The first-order chi connectivity index (χ1) is 17.8. The number of ether oxygens (including phenoxy) is 1. The Balaban J connectivity index is 0.00000400. The fourth-order valence-corrected chi connectivity index (χ4v) is 4.10. The molecule has 4 rings (SSSR count). The van der Waals surface area contributed by atoms with Crippen molar-refractivity contribution in [1.29, 1.82) is 0 Å². The standard InChI is InChI=1S/C27H26ClN5O4.ClH/c1-15-6-7-17(25(34)31-21(8-9-29)16-4-3-5-19(28)10-16)12-22(15)32-26(35)20-11-18-14-30-24(37-2)13-23(18)33-27(20)36;/h3-7,10-14,21H,8-9,29H2,1-2H3,(H,31,34)(H,32,35)(H,33,36);1H. The van der Waals surface area contributed by atoms with E-state index in [1.165, 1.54) is 19.4 Å². The fraction of sp³-hybridized carbons (Fsp3) is 0.185. The number of aryl methyl sites for hydroxylation is 1. The molecule has 2 heterocycles. The van der Waals surface area contributed by atoms with Gasteiger partial charge < -0.3 is 26.1 Å². The lowest BCUT2D eigenvalue weighted by Gasteiger charge is -2.19. The minimum Gasteiger partial charge on any atom is -0.481 e. The van der Waals surface area contributed by atoms with Crippen molar-refractivity contribution in [1.82, 2.24) is 15.3 Å². The number of nitrogens with one attached hydrogen (secondary N) is 3. The van der Waals surface area contributed by atoms with Crippen LogP contribution in [0.2, 0.25) is 5.02 Å². The van der Waals surface area contributed by atoms with Crippen molar-refractivity contribution in [2.75, 3.05) is 19.0 Å². The molecule has 1 unspecified atom stereocenters. The van der Waals surface area contributed by atoms with Gasteiger partial charge in [-0.3, -0.25) is 14.4 Å². The van der Waals surface area contributed by atoms with Crippen LogP contribution in [0.4, 0.5) is 5.69 Å². The van der Waals surface area contributed by atoms with E-state index in [-0.39, 0.29) is 29.9 Å². The zero-order valence-corrected chi connectivity index (χ0v) is 22.3. The summed E-state index contributed by atoms with van der Waals surface area (Å²) in [6.07, 6.45) is 2.03. The maximum Gasteiger partial charge on any atom is 0.261 e. The van der Waals surface area contributed by atoms with Gasteiger partial charge in [-0.1, -0.05) is 29.8 Å². The molecule has 38 heavy (non-hydrogen) atoms. The number of nitrogens with two attached hydrogens (primary N) is 1. The van der Waals surface area contributed by atoms with Crippen LogP contribution in [-0.4, -0.2) is 35.4 Å². The average Bonchev–Trinajstić information content (AvgIpc) is 2.88. The number of hydrogen-bond acceptors (Lipinski definition) is 6. The molecule has 0 bridgehead atoms. The highest BCUT2D eigenvalue weighted by Crippen LogP contribution is 2.23. The Labute approximate surface area is 230 Å². The minimum absolute atomic E-state index is 0. The third-order valence-corrected chi connectivity index (χ3v) is 6.15. The molecular weight excluding hydrogens is 529 g/mol. The molecule has 0 aliphatic heterocycles. The van der Waals surface area contributed by atoms with Gasteiger partial charge in [-0.2, -0.15) is 0 Å². The van der Waals surface area contributed by atoms with Crippen LogP contribution in [0.3, 0.4) is 0 Å². The molecule has 0 aliphatic rings. The second-order valence-corrected chi connectivity index (χ2v) is 8.90. The molecule has 2 amide bonds. The number of nitrogens with zero attached hydrogens (tertiary/aromatic N) is 1. The zero-order chi connectivity index (χ0) is 26.5. The number of hydrogen-bond donors (Lipinski definition) is 4. The maximum atomic E-state index is 13.1. The largest absolute Gasteiger partial charge is 0.481 e. The van der Waals surface area contributed by atoms with Crippen LogP contribution in [0.25, 0.3) is 10.9 Å². The van der Waals surface area contributed by atoms with Gasteiger partial charge in [-0.25, -0.2) is 4.98 Å². The van der Waals surface area contributed by atoms with Crippen molar-refractivity contribution in [3.8, 4) is 5.88 Å². The number of amides is 2. The number of fused-ring (bicyclic) bond motifs is 1. The summed E-state index contributed by atoms with van der Waals surface area (Å²) in [6.45, 7) is 2.16. The minimum atomic E-state index is -0.612. The number of halogens is 2. The van der Waals surface area contributed by atoms with E-state index in [9.17, 15) is 14.4 Å². The predicted octanol–water partition coefficient (Wildman–Crippen LogP) is 4.39. The van der Waals surface area contributed by atoms with Gasteiger partial charge in [0.05, 0.1) is 18.7 Å². The van der Waals surface area contributed by atoms with E-state index in [1.54, 1.807) is 43.3 Å². The lowest BCUT2D eigenvalue weighted by molar-refractivity contribution is 0.0934. The molecule has 0 spiro atoms. The topological polar surface area (TPSA) is 139 Å². The molecule has 0 saturated carbocycles. The number of carbonyl (C=O) groups excluding carboxylic acids is 2. The van der Waals surface area contributed by atoms with Crippen LogP contribution < -0.4 is 26.7 Å². The van der Waals surface area contributed by atoms with Crippen molar-refractivity contribution >= 4 is 52.4 Å². The Bertz CT molecular complexity index is 1540. The average molecular weight is 556 g/mol. The molecule has 11 heteroatoms. The van der Waals surface area contributed by atoms with Crippen LogP contribution in [-0.2, 0) is 0 Å². The molecule has 0 fully saturated rings. The molecule has 4 aromatic rings. The highest BCUT2D eigenvalue weighted by molar-refractivity contribution is 6.30. The smallest absolute Gasteiger partial charge is 0.261 e. The fourth-order valence-electron chi connectivity index (χ4n) is 3.90. The van der Waals surface area contributed by atoms with Crippen LogP contribution in [0.5, 0.6) is 5.88 Å². The van der Waals surface area contributed by atoms with Gasteiger partial charge in [0.15, 0.2) is 0 Å². The summed E-state index contributed by atoms with van der Waals surface area (Å²) in [5.41, 5.74) is 7.93. The van der Waals surface area contributed by atoms with Crippen molar-refractivity contribution in [2.24, 2.45) is 5.73 Å². The summed E-state index contributed by atoms with van der Waals surface area (Å²) in [6, 6.07) is 14.9. The third-order valence-electron chi connectivity index (χ3n) is 5.92. The SMILES string of the molecule is COc1cc2[nH]c(=O)c(C(=O)Nc3cc(C(=O)NC(CCN)c4cccc(Cl)c4)ccc3C)cc2cn1.Cl. The Kier molecular flexibility index (Phi) is 9.46. The van der Waals surface area contributed by atoms with Gasteiger partial charge >= 0.3 is 0 Å². The summed E-state index contributed by atoms with van der Waals surface area (Å²) in [5, 5.41) is 6.87. The van der Waals surface area contributed by atoms with Gasteiger partial charge in [0.25, 0.3) is 17.4 Å². The number of pyridine rings is 2. The van der Waals surface area contributed by atoms with Crippen molar-refractivity contribution in [2.45, 2.75) is 19.4 Å². The molecule has 1 atom stereocenters.